The Hall–Kier alpha value is -1.67. The van der Waals surface area contributed by atoms with E-state index in [0.717, 1.165) is 6.26 Å². The molecule has 8 heteroatoms. The van der Waals surface area contributed by atoms with Gasteiger partial charge in [0.2, 0.25) is 10.0 Å². The fourth-order valence-electron chi connectivity index (χ4n) is 1.59. The van der Waals surface area contributed by atoms with Crippen LogP contribution in [0, 0.1) is 0 Å². The highest BCUT2D eigenvalue weighted by atomic mass is 32.2. The van der Waals surface area contributed by atoms with Gasteiger partial charge in [-0.25, -0.2) is 18.1 Å². The van der Waals surface area contributed by atoms with Gasteiger partial charge in [0, 0.05) is 18.3 Å². The van der Waals surface area contributed by atoms with Gasteiger partial charge in [-0.1, -0.05) is 0 Å². The molecule has 0 spiro atoms. The Labute approximate surface area is 112 Å². The number of pyridine rings is 1. The third kappa shape index (κ3) is 5.23. The SMILES string of the molecule is CC(C)(CNc1ncccc1C(N)=O)NS(C)(=O)=O. The fraction of sp³-hybridized carbons (Fsp3) is 0.455. The summed E-state index contributed by atoms with van der Waals surface area (Å²) >= 11 is 0. The van der Waals surface area contributed by atoms with Crippen LogP contribution in [0.3, 0.4) is 0 Å². The lowest BCUT2D eigenvalue weighted by Crippen LogP contribution is -2.48. The highest BCUT2D eigenvalue weighted by molar-refractivity contribution is 7.88. The number of rotatable bonds is 6. The number of primary amides is 1. The van der Waals surface area contributed by atoms with Crippen molar-refractivity contribution < 1.29 is 13.2 Å². The lowest BCUT2D eigenvalue weighted by Gasteiger charge is -2.25. The number of aromatic nitrogens is 1. The Bertz CT molecular complexity index is 569. The predicted molar refractivity (Wildman–Crippen MR) is 73.3 cm³/mol. The molecule has 1 aromatic heterocycles. The van der Waals surface area contributed by atoms with Crippen LogP contribution in [0.2, 0.25) is 0 Å². The first-order chi connectivity index (χ1) is 8.61. The largest absolute Gasteiger partial charge is 0.368 e. The molecular weight excluding hydrogens is 268 g/mol. The first-order valence-corrected chi connectivity index (χ1v) is 7.47. The number of carbonyl (C=O) groups excluding carboxylic acids is 1. The van der Waals surface area contributed by atoms with Gasteiger partial charge in [0.15, 0.2) is 0 Å². The average molecular weight is 286 g/mol. The second kappa shape index (κ2) is 5.54. The molecule has 0 bridgehead atoms. The number of hydrogen-bond donors (Lipinski definition) is 3. The number of anilines is 1. The van der Waals surface area contributed by atoms with Crippen molar-refractivity contribution >= 4 is 21.7 Å². The van der Waals surface area contributed by atoms with Crippen LogP contribution in [0.4, 0.5) is 5.82 Å². The van der Waals surface area contributed by atoms with Crippen molar-refractivity contribution in [1.82, 2.24) is 9.71 Å². The standard InChI is InChI=1S/C11H18N4O3S/c1-11(2,15-19(3,17)18)7-14-10-8(9(12)16)5-4-6-13-10/h4-6,15H,7H2,1-3H3,(H2,12,16)(H,13,14). The van der Waals surface area contributed by atoms with Gasteiger partial charge in [-0.05, 0) is 26.0 Å². The van der Waals surface area contributed by atoms with E-state index in [9.17, 15) is 13.2 Å². The maximum Gasteiger partial charge on any atom is 0.252 e. The molecule has 0 saturated heterocycles. The van der Waals surface area contributed by atoms with Gasteiger partial charge in [0.25, 0.3) is 5.91 Å². The zero-order valence-corrected chi connectivity index (χ0v) is 11.9. The number of amides is 1. The third-order valence-electron chi connectivity index (χ3n) is 2.23. The lowest BCUT2D eigenvalue weighted by atomic mass is 10.1. The average Bonchev–Trinajstić information content (AvgIpc) is 2.23. The molecule has 1 heterocycles. The van der Waals surface area contributed by atoms with E-state index in [-0.39, 0.29) is 12.1 Å². The molecule has 4 N–H and O–H groups in total. The van der Waals surface area contributed by atoms with E-state index in [1.54, 1.807) is 26.0 Å². The Balaban J connectivity index is 2.80. The molecule has 0 saturated carbocycles. The third-order valence-corrected chi connectivity index (χ3v) is 3.16. The van der Waals surface area contributed by atoms with Crippen molar-refractivity contribution in [2.45, 2.75) is 19.4 Å². The Morgan fingerprint density at radius 2 is 2.11 bits per heavy atom. The fourth-order valence-corrected chi connectivity index (χ4v) is 2.66. The van der Waals surface area contributed by atoms with E-state index in [1.807, 2.05) is 0 Å². The Morgan fingerprint density at radius 1 is 1.47 bits per heavy atom. The first kappa shape index (κ1) is 15.4. The number of hydrogen-bond acceptors (Lipinski definition) is 5. The summed E-state index contributed by atoms with van der Waals surface area (Å²) in [7, 11) is -3.31. The number of nitrogens with one attached hydrogen (secondary N) is 2. The molecule has 0 aliphatic heterocycles. The molecule has 0 atom stereocenters. The van der Waals surface area contributed by atoms with Crippen molar-refractivity contribution in [3.8, 4) is 0 Å². The van der Waals surface area contributed by atoms with Crippen LogP contribution in [-0.4, -0.2) is 37.6 Å². The van der Waals surface area contributed by atoms with E-state index < -0.39 is 21.5 Å². The molecule has 0 fully saturated rings. The summed E-state index contributed by atoms with van der Waals surface area (Å²) in [5.74, 6) is -0.261. The van der Waals surface area contributed by atoms with Crippen LogP contribution in [0.1, 0.15) is 24.2 Å². The molecule has 19 heavy (non-hydrogen) atoms. The minimum absolute atomic E-state index is 0.261. The maximum absolute atomic E-state index is 11.2. The van der Waals surface area contributed by atoms with Crippen molar-refractivity contribution in [3.63, 3.8) is 0 Å². The van der Waals surface area contributed by atoms with E-state index in [4.69, 9.17) is 5.73 Å². The smallest absolute Gasteiger partial charge is 0.252 e. The molecule has 0 unspecified atom stereocenters. The summed E-state index contributed by atoms with van der Waals surface area (Å²) in [5.41, 5.74) is 4.76. The minimum atomic E-state index is -3.31. The van der Waals surface area contributed by atoms with Gasteiger partial charge < -0.3 is 11.1 Å². The molecule has 0 aliphatic rings. The number of sulfonamides is 1. The molecule has 1 rings (SSSR count). The molecule has 1 amide bonds. The quantitative estimate of drug-likeness (QED) is 0.676. The van der Waals surface area contributed by atoms with Crippen molar-refractivity contribution in [1.29, 1.82) is 0 Å². The Kier molecular flexibility index (Phi) is 4.48. The number of nitrogens with two attached hydrogens (primary N) is 1. The van der Waals surface area contributed by atoms with Crippen molar-refractivity contribution in [2.75, 3.05) is 18.1 Å². The summed E-state index contributed by atoms with van der Waals surface area (Å²) < 4.78 is 24.9. The molecule has 0 radical (unpaired) electrons. The molecule has 7 nitrogen and oxygen atoms in total. The molecule has 0 aromatic carbocycles. The summed E-state index contributed by atoms with van der Waals surface area (Å²) in [6, 6.07) is 3.15. The van der Waals surface area contributed by atoms with E-state index in [1.165, 1.54) is 6.20 Å². The number of nitrogens with zero attached hydrogens (tertiary/aromatic N) is 1. The number of carbonyl (C=O) groups is 1. The van der Waals surface area contributed by atoms with Gasteiger partial charge >= 0.3 is 0 Å². The zero-order valence-electron chi connectivity index (χ0n) is 11.1. The van der Waals surface area contributed by atoms with Gasteiger partial charge in [0.05, 0.1) is 11.8 Å². The van der Waals surface area contributed by atoms with E-state index in [2.05, 4.69) is 15.0 Å². The molecular formula is C11H18N4O3S. The topological polar surface area (TPSA) is 114 Å². The van der Waals surface area contributed by atoms with E-state index >= 15 is 0 Å². The van der Waals surface area contributed by atoms with Crippen LogP contribution in [0.15, 0.2) is 18.3 Å². The summed E-state index contributed by atoms with van der Waals surface area (Å²) in [4.78, 5) is 15.2. The normalized spacial score (nSPS) is 12.2. The van der Waals surface area contributed by atoms with E-state index in [0.29, 0.717) is 5.82 Å². The van der Waals surface area contributed by atoms with Gasteiger partial charge in [-0.3, -0.25) is 4.79 Å². The molecule has 1 aromatic rings. The van der Waals surface area contributed by atoms with Gasteiger partial charge in [-0.15, -0.1) is 0 Å². The van der Waals surface area contributed by atoms with Gasteiger partial charge in [-0.2, -0.15) is 0 Å². The predicted octanol–water partition coefficient (Wildman–Crippen LogP) is -0.0798. The zero-order chi connectivity index (χ0) is 14.7. The highest BCUT2D eigenvalue weighted by Crippen LogP contribution is 2.12. The van der Waals surface area contributed by atoms with Crippen LogP contribution in [0.5, 0.6) is 0 Å². The summed E-state index contributed by atoms with van der Waals surface area (Å²) in [5, 5.41) is 2.92. The van der Waals surface area contributed by atoms with Crippen LogP contribution < -0.4 is 15.8 Å². The second-order valence-corrected chi connectivity index (χ2v) is 6.62. The maximum atomic E-state index is 11.2. The highest BCUT2D eigenvalue weighted by Gasteiger charge is 2.22. The Morgan fingerprint density at radius 3 is 2.63 bits per heavy atom. The molecule has 0 aliphatic carbocycles. The van der Waals surface area contributed by atoms with Crippen LogP contribution >= 0.6 is 0 Å². The van der Waals surface area contributed by atoms with Crippen molar-refractivity contribution in [3.05, 3.63) is 23.9 Å². The van der Waals surface area contributed by atoms with Crippen LogP contribution in [-0.2, 0) is 10.0 Å². The lowest BCUT2D eigenvalue weighted by molar-refractivity contribution is 0.100. The first-order valence-electron chi connectivity index (χ1n) is 5.58. The summed E-state index contributed by atoms with van der Waals surface area (Å²) in [6.07, 6.45) is 2.61. The second-order valence-electron chi connectivity index (χ2n) is 4.88. The van der Waals surface area contributed by atoms with Crippen LogP contribution in [0.25, 0.3) is 0 Å². The minimum Gasteiger partial charge on any atom is -0.368 e. The summed E-state index contributed by atoms with van der Waals surface area (Å²) in [6.45, 7) is 3.69. The van der Waals surface area contributed by atoms with Gasteiger partial charge in [0.1, 0.15) is 5.82 Å². The van der Waals surface area contributed by atoms with Crippen molar-refractivity contribution in [2.24, 2.45) is 5.73 Å². The monoisotopic (exact) mass is 286 g/mol. The molecule has 106 valence electrons.